The largest absolute Gasteiger partial charge is 0.485 e. The summed E-state index contributed by atoms with van der Waals surface area (Å²) in [6.45, 7) is 6.82. The molecule has 0 radical (unpaired) electrons. The summed E-state index contributed by atoms with van der Waals surface area (Å²) in [5.41, 5.74) is 2.03. The first kappa shape index (κ1) is 16.3. The molecule has 120 valence electrons. The van der Waals surface area contributed by atoms with Crippen molar-refractivity contribution in [2.45, 2.75) is 26.9 Å². The third-order valence-electron chi connectivity index (χ3n) is 3.73. The topological polar surface area (TPSA) is 29.5 Å². The summed E-state index contributed by atoms with van der Waals surface area (Å²) in [6.07, 6.45) is 3.91. The second-order valence-corrected chi connectivity index (χ2v) is 7.80. The molecule has 0 N–H and O–H groups in total. The number of ether oxygens (including phenoxy) is 1. The maximum atomic E-state index is 12.6. The molecule has 2 aliphatic rings. The number of hydrogen-bond acceptors (Lipinski definition) is 4. The molecule has 1 atom stereocenters. The first-order valence-corrected chi connectivity index (χ1v) is 8.91. The first-order chi connectivity index (χ1) is 11.0. The van der Waals surface area contributed by atoms with Gasteiger partial charge in [0.25, 0.3) is 5.91 Å². The predicted octanol–water partition coefficient (Wildman–Crippen LogP) is 4.25. The van der Waals surface area contributed by atoms with Gasteiger partial charge in [0.2, 0.25) is 0 Å². The van der Waals surface area contributed by atoms with E-state index in [0.717, 1.165) is 16.9 Å². The van der Waals surface area contributed by atoms with Crippen molar-refractivity contribution >= 4 is 40.3 Å². The van der Waals surface area contributed by atoms with Gasteiger partial charge in [-0.2, -0.15) is 0 Å². The number of fused-ring (bicyclic) bond motifs is 1. The number of thiocarbonyl (C=S) groups is 1. The minimum absolute atomic E-state index is 0.000610. The van der Waals surface area contributed by atoms with Crippen LogP contribution in [0.15, 0.2) is 40.8 Å². The lowest BCUT2D eigenvalue weighted by Gasteiger charge is -2.23. The quantitative estimate of drug-likeness (QED) is 0.605. The summed E-state index contributed by atoms with van der Waals surface area (Å²) in [4.78, 5) is 14.9. The summed E-state index contributed by atoms with van der Waals surface area (Å²) in [6, 6.07) is 7.91. The van der Waals surface area contributed by atoms with Gasteiger partial charge in [0.1, 0.15) is 16.2 Å². The SMILES string of the molecule is CC(C)CN1C(=O)/C(=C/C2=Cc3ccccc3OC2C)SC1=S. The maximum Gasteiger partial charge on any atom is 0.266 e. The van der Waals surface area contributed by atoms with Gasteiger partial charge in [-0.3, -0.25) is 9.69 Å². The van der Waals surface area contributed by atoms with Crippen LogP contribution in [-0.2, 0) is 4.79 Å². The zero-order valence-corrected chi connectivity index (χ0v) is 15.0. The summed E-state index contributed by atoms with van der Waals surface area (Å²) in [5, 5.41) is 0. The van der Waals surface area contributed by atoms with Gasteiger partial charge in [0.15, 0.2) is 0 Å². The van der Waals surface area contributed by atoms with Crippen LogP contribution in [0.25, 0.3) is 6.08 Å². The average Bonchev–Trinajstić information content (AvgIpc) is 2.75. The Labute approximate surface area is 146 Å². The van der Waals surface area contributed by atoms with E-state index in [1.54, 1.807) is 4.90 Å². The Balaban J connectivity index is 1.89. The Morgan fingerprint density at radius 2 is 2.13 bits per heavy atom. The molecule has 23 heavy (non-hydrogen) atoms. The van der Waals surface area contributed by atoms with Gasteiger partial charge in [0, 0.05) is 12.1 Å². The third kappa shape index (κ3) is 3.35. The molecule has 2 heterocycles. The van der Waals surface area contributed by atoms with E-state index in [-0.39, 0.29) is 12.0 Å². The van der Waals surface area contributed by atoms with Gasteiger partial charge >= 0.3 is 0 Å². The Bertz CT molecular complexity index is 721. The van der Waals surface area contributed by atoms with Gasteiger partial charge in [0.05, 0.1) is 4.91 Å². The molecular formula is C18H19NO2S2. The van der Waals surface area contributed by atoms with Crippen molar-refractivity contribution in [3.8, 4) is 5.75 Å². The van der Waals surface area contributed by atoms with E-state index in [2.05, 4.69) is 19.9 Å². The van der Waals surface area contributed by atoms with E-state index in [1.807, 2.05) is 37.3 Å². The molecule has 2 aliphatic heterocycles. The van der Waals surface area contributed by atoms with Crippen molar-refractivity contribution < 1.29 is 9.53 Å². The van der Waals surface area contributed by atoms with Crippen molar-refractivity contribution in [3.63, 3.8) is 0 Å². The minimum Gasteiger partial charge on any atom is -0.485 e. The molecular weight excluding hydrogens is 326 g/mol. The molecule has 1 fully saturated rings. The van der Waals surface area contributed by atoms with Crippen molar-refractivity contribution in [1.82, 2.24) is 4.90 Å². The zero-order valence-electron chi connectivity index (χ0n) is 13.4. The Hall–Kier alpha value is -1.59. The molecule has 3 rings (SSSR count). The zero-order chi connectivity index (χ0) is 16.6. The standard InChI is InChI=1S/C18H19NO2S2/c1-11(2)10-19-17(20)16(23-18(19)22)9-14-8-13-6-4-5-7-15(13)21-12(14)3/h4-9,11-12H,10H2,1-3H3/b16-9-. The number of carbonyl (C=O) groups excluding carboxylic acids is 1. The number of carbonyl (C=O) groups is 1. The lowest BCUT2D eigenvalue weighted by molar-refractivity contribution is -0.122. The van der Waals surface area contributed by atoms with Gasteiger partial charge < -0.3 is 4.74 Å². The van der Waals surface area contributed by atoms with Crippen molar-refractivity contribution in [2.75, 3.05) is 6.54 Å². The lowest BCUT2D eigenvalue weighted by Crippen LogP contribution is -2.31. The smallest absolute Gasteiger partial charge is 0.266 e. The molecule has 0 aromatic heterocycles. The number of para-hydroxylation sites is 1. The highest BCUT2D eigenvalue weighted by molar-refractivity contribution is 8.26. The fourth-order valence-electron chi connectivity index (χ4n) is 2.60. The van der Waals surface area contributed by atoms with Crippen LogP contribution in [0.2, 0.25) is 0 Å². The Morgan fingerprint density at radius 1 is 1.39 bits per heavy atom. The highest BCUT2D eigenvalue weighted by Crippen LogP contribution is 2.35. The van der Waals surface area contributed by atoms with E-state index >= 15 is 0 Å². The molecule has 0 bridgehead atoms. The number of rotatable bonds is 3. The third-order valence-corrected chi connectivity index (χ3v) is 5.11. The maximum absolute atomic E-state index is 12.6. The summed E-state index contributed by atoms with van der Waals surface area (Å²) < 4.78 is 6.57. The molecule has 3 nitrogen and oxygen atoms in total. The fraction of sp³-hybridized carbons (Fsp3) is 0.333. The van der Waals surface area contributed by atoms with Gasteiger partial charge in [-0.15, -0.1) is 0 Å². The van der Waals surface area contributed by atoms with E-state index in [4.69, 9.17) is 17.0 Å². The molecule has 0 spiro atoms. The normalized spacial score (nSPS) is 22.4. The molecule has 0 aliphatic carbocycles. The van der Waals surface area contributed by atoms with Crippen LogP contribution >= 0.6 is 24.0 Å². The van der Waals surface area contributed by atoms with Gasteiger partial charge in [-0.05, 0) is 36.6 Å². The molecule has 1 saturated heterocycles. The molecule has 5 heteroatoms. The van der Waals surface area contributed by atoms with E-state index in [1.165, 1.54) is 11.8 Å². The fourth-order valence-corrected chi connectivity index (χ4v) is 3.87. The number of hydrogen-bond donors (Lipinski definition) is 0. The van der Waals surface area contributed by atoms with Crippen LogP contribution in [0.5, 0.6) is 5.75 Å². The monoisotopic (exact) mass is 345 g/mol. The lowest BCUT2D eigenvalue weighted by atomic mass is 10.0. The molecule has 1 unspecified atom stereocenters. The van der Waals surface area contributed by atoms with Crippen LogP contribution in [0.4, 0.5) is 0 Å². The van der Waals surface area contributed by atoms with Crippen LogP contribution in [0, 0.1) is 5.92 Å². The van der Waals surface area contributed by atoms with Gasteiger partial charge in [-0.1, -0.05) is 56.0 Å². The van der Waals surface area contributed by atoms with Gasteiger partial charge in [-0.25, -0.2) is 0 Å². The van der Waals surface area contributed by atoms with Crippen LogP contribution in [0.1, 0.15) is 26.3 Å². The van der Waals surface area contributed by atoms with E-state index < -0.39 is 0 Å². The van der Waals surface area contributed by atoms with E-state index in [0.29, 0.717) is 21.7 Å². The Morgan fingerprint density at radius 3 is 2.87 bits per heavy atom. The number of thioether (sulfide) groups is 1. The Kier molecular flexibility index (Phi) is 4.60. The van der Waals surface area contributed by atoms with Crippen LogP contribution in [-0.4, -0.2) is 27.8 Å². The number of benzene rings is 1. The second kappa shape index (κ2) is 6.49. The molecule has 1 amide bonds. The summed E-state index contributed by atoms with van der Waals surface area (Å²) in [5.74, 6) is 1.27. The summed E-state index contributed by atoms with van der Waals surface area (Å²) >= 11 is 6.72. The predicted molar refractivity (Wildman–Crippen MR) is 99.3 cm³/mol. The average molecular weight is 345 g/mol. The molecule has 0 saturated carbocycles. The highest BCUT2D eigenvalue weighted by atomic mass is 32.2. The van der Waals surface area contributed by atoms with Crippen LogP contribution < -0.4 is 4.74 Å². The number of nitrogens with zero attached hydrogens (tertiary/aromatic N) is 1. The van der Waals surface area contributed by atoms with Crippen molar-refractivity contribution in [1.29, 1.82) is 0 Å². The highest BCUT2D eigenvalue weighted by Gasteiger charge is 2.33. The van der Waals surface area contributed by atoms with Crippen LogP contribution in [0.3, 0.4) is 0 Å². The number of amides is 1. The van der Waals surface area contributed by atoms with Crippen molar-refractivity contribution in [3.05, 3.63) is 46.4 Å². The summed E-state index contributed by atoms with van der Waals surface area (Å²) in [7, 11) is 0. The molecule has 1 aromatic carbocycles. The molecule has 1 aromatic rings. The van der Waals surface area contributed by atoms with E-state index in [9.17, 15) is 4.79 Å². The first-order valence-electron chi connectivity index (χ1n) is 7.68. The van der Waals surface area contributed by atoms with Crippen molar-refractivity contribution in [2.24, 2.45) is 5.92 Å². The second-order valence-electron chi connectivity index (χ2n) is 6.13. The minimum atomic E-state index is -0.0847.